The molecular weight excluding hydrogens is 328 g/mol. The van der Waals surface area contributed by atoms with Gasteiger partial charge >= 0.3 is 0 Å². The molecule has 0 amide bonds. The zero-order chi connectivity index (χ0) is 18.9. The van der Waals surface area contributed by atoms with Crippen molar-refractivity contribution in [3.05, 3.63) is 29.8 Å². The summed E-state index contributed by atoms with van der Waals surface area (Å²) in [6, 6.07) is 9.07. The highest BCUT2D eigenvalue weighted by molar-refractivity contribution is 5.29. The van der Waals surface area contributed by atoms with Gasteiger partial charge in [0, 0.05) is 0 Å². The first-order chi connectivity index (χ1) is 13.2. The summed E-state index contributed by atoms with van der Waals surface area (Å²) in [6.07, 6.45) is 18.2. The van der Waals surface area contributed by atoms with Crippen LogP contribution in [-0.2, 0) is 0 Å². The van der Waals surface area contributed by atoms with E-state index in [1.807, 2.05) is 0 Å². The van der Waals surface area contributed by atoms with Gasteiger partial charge < -0.3 is 4.74 Å². The molecule has 2 fully saturated rings. The Balaban J connectivity index is 1.33. The molecule has 0 atom stereocenters. The Morgan fingerprint density at radius 3 is 2.00 bits per heavy atom. The summed E-state index contributed by atoms with van der Waals surface area (Å²) in [5.74, 6) is 4.76. The highest BCUT2D eigenvalue weighted by atomic mass is 16.5. The predicted molar refractivity (Wildman–Crippen MR) is 117 cm³/mol. The van der Waals surface area contributed by atoms with Crippen LogP contribution in [0.2, 0.25) is 0 Å². The van der Waals surface area contributed by atoms with E-state index in [1.54, 1.807) is 0 Å². The van der Waals surface area contributed by atoms with Crippen LogP contribution in [0.1, 0.15) is 109 Å². The standard InChI is InChI=1S/C26H42O/c1-3-4-6-22-12-14-24(15-13-22)25-16-18-26(19-17-25)27-20-5-7-23-10-8-21(2)9-11-23/h16-19,21-24H,3-15,20H2,1-2H3/t21-,22-,23-,24-. The van der Waals surface area contributed by atoms with Crippen molar-refractivity contribution < 1.29 is 4.74 Å². The molecule has 0 saturated heterocycles. The first kappa shape index (κ1) is 20.7. The SMILES string of the molecule is CCCC[C@H]1CC[C@H](c2ccc(OCCC[C@H]3CC[C@H](C)CC3)cc2)CC1. The Bertz CT molecular complexity index is 504. The maximum Gasteiger partial charge on any atom is 0.119 e. The minimum Gasteiger partial charge on any atom is -0.494 e. The normalized spacial score (nSPS) is 28.8. The summed E-state index contributed by atoms with van der Waals surface area (Å²) in [5, 5.41) is 0. The van der Waals surface area contributed by atoms with Crippen LogP contribution in [0, 0.1) is 17.8 Å². The summed E-state index contributed by atoms with van der Waals surface area (Å²) in [7, 11) is 0. The van der Waals surface area contributed by atoms with Gasteiger partial charge in [0.15, 0.2) is 0 Å². The zero-order valence-corrected chi connectivity index (χ0v) is 17.9. The van der Waals surface area contributed by atoms with Crippen LogP contribution in [-0.4, -0.2) is 6.61 Å². The van der Waals surface area contributed by atoms with Crippen molar-refractivity contribution in [3.63, 3.8) is 0 Å². The second-order valence-electron chi connectivity index (χ2n) is 9.55. The van der Waals surface area contributed by atoms with E-state index in [2.05, 4.69) is 38.1 Å². The number of hydrogen-bond donors (Lipinski definition) is 0. The number of rotatable bonds is 9. The van der Waals surface area contributed by atoms with Gasteiger partial charge in [-0.25, -0.2) is 0 Å². The molecule has 1 aromatic carbocycles. The van der Waals surface area contributed by atoms with Crippen LogP contribution in [0.15, 0.2) is 24.3 Å². The van der Waals surface area contributed by atoms with Gasteiger partial charge in [0.2, 0.25) is 0 Å². The van der Waals surface area contributed by atoms with Crippen LogP contribution in [0.3, 0.4) is 0 Å². The highest BCUT2D eigenvalue weighted by Gasteiger charge is 2.22. The first-order valence-electron chi connectivity index (χ1n) is 12.0. The summed E-state index contributed by atoms with van der Waals surface area (Å²) in [6.45, 7) is 5.60. The third-order valence-electron chi connectivity index (χ3n) is 7.33. The van der Waals surface area contributed by atoms with Crippen LogP contribution >= 0.6 is 0 Å². The molecule has 0 unspecified atom stereocenters. The average molecular weight is 371 g/mol. The first-order valence-corrected chi connectivity index (χ1v) is 12.0. The lowest BCUT2D eigenvalue weighted by Gasteiger charge is -2.29. The molecular formula is C26H42O. The molecule has 152 valence electrons. The molecule has 2 saturated carbocycles. The minimum atomic E-state index is 0.783. The lowest BCUT2D eigenvalue weighted by molar-refractivity contribution is 0.245. The lowest BCUT2D eigenvalue weighted by atomic mass is 9.77. The molecule has 0 spiro atoms. The van der Waals surface area contributed by atoms with Gasteiger partial charge in [0.1, 0.15) is 5.75 Å². The molecule has 0 N–H and O–H groups in total. The van der Waals surface area contributed by atoms with Gasteiger partial charge in [0.05, 0.1) is 6.61 Å². The van der Waals surface area contributed by atoms with Gasteiger partial charge in [-0.2, -0.15) is 0 Å². The summed E-state index contributed by atoms with van der Waals surface area (Å²) >= 11 is 0. The Kier molecular flexibility index (Phi) is 8.55. The number of unbranched alkanes of at least 4 members (excludes halogenated alkanes) is 1. The Hall–Kier alpha value is -0.980. The lowest BCUT2D eigenvalue weighted by Crippen LogP contribution is -2.13. The molecule has 2 aliphatic carbocycles. The third-order valence-corrected chi connectivity index (χ3v) is 7.33. The Labute approximate surface area is 168 Å². The molecule has 0 radical (unpaired) electrons. The molecule has 0 aliphatic heterocycles. The summed E-state index contributed by atoms with van der Waals surface area (Å²) < 4.78 is 6.02. The summed E-state index contributed by atoms with van der Waals surface area (Å²) in [5.41, 5.74) is 1.53. The fourth-order valence-electron chi connectivity index (χ4n) is 5.29. The fourth-order valence-corrected chi connectivity index (χ4v) is 5.29. The van der Waals surface area contributed by atoms with E-state index < -0.39 is 0 Å². The smallest absolute Gasteiger partial charge is 0.119 e. The molecule has 0 aromatic heterocycles. The number of ether oxygens (including phenoxy) is 1. The molecule has 27 heavy (non-hydrogen) atoms. The molecule has 0 heterocycles. The van der Waals surface area contributed by atoms with E-state index in [0.29, 0.717) is 0 Å². The molecule has 1 aromatic rings. The third kappa shape index (κ3) is 6.84. The summed E-state index contributed by atoms with van der Waals surface area (Å²) in [4.78, 5) is 0. The maximum absolute atomic E-state index is 6.02. The minimum absolute atomic E-state index is 0.783. The topological polar surface area (TPSA) is 9.23 Å². The van der Waals surface area contributed by atoms with Crippen molar-refractivity contribution in [1.82, 2.24) is 0 Å². The van der Waals surface area contributed by atoms with E-state index in [0.717, 1.165) is 36.0 Å². The van der Waals surface area contributed by atoms with Crippen molar-refractivity contribution in [2.75, 3.05) is 6.61 Å². The second-order valence-corrected chi connectivity index (χ2v) is 9.55. The van der Waals surface area contributed by atoms with E-state index in [1.165, 1.54) is 89.0 Å². The quantitative estimate of drug-likeness (QED) is 0.399. The van der Waals surface area contributed by atoms with Gasteiger partial charge in [-0.3, -0.25) is 0 Å². The molecule has 0 bridgehead atoms. The molecule has 2 aliphatic rings. The zero-order valence-electron chi connectivity index (χ0n) is 17.9. The van der Waals surface area contributed by atoms with Crippen molar-refractivity contribution in [3.8, 4) is 5.75 Å². The van der Waals surface area contributed by atoms with Crippen molar-refractivity contribution in [2.45, 2.75) is 103 Å². The van der Waals surface area contributed by atoms with E-state index in [9.17, 15) is 0 Å². The maximum atomic E-state index is 6.02. The van der Waals surface area contributed by atoms with Gasteiger partial charge in [-0.15, -0.1) is 0 Å². The van der Waals surface area contributed by atoms with E-state index in [-0.39, 0.29) is 0 Å². The molecule has 1 nitrogen and oxygen atoms in total. The van der Waals surface area contributed by atoms with Crippen LogP contribution in [0.25, 0.3) is 0 Å². The van der Waals surface area contributed by atoms with Crippen molar-refractivity contribution >= 4 is 0 Å². The van der Waals surface area contributed by atoms with E-state index in [4.69, 9.17) is 4.74 Å². The van der Waals surface area contributed by atoms with Crippen LogP contribution in [0.4, 0.5) is 0 Å². The van der Waals surface area contributed by atoms with Crippen LogP contribution < -0.4 is 4.74 Å². The second kappa shape index (κ2) is 11.1. The van der Waals surface area contributed by atoms with Gasteiger partial charge in [-0.05, 0) is 79.9 Å². The highest BCUT2D eigenvalue weighted by Crippen LogP contribution is 2.38. The Morgan fingerprint density at radius 1 is 0.778 bits per heavy atom. The van der Waals surface area contributed by atoms with Crippen LogP contribution in [0.5, 0.6) is 5.75 Å². The van der Waals surface area contributed by atoms with E-state index >= 15 is 0 Å². The fraction of sp³-hybridized carbons (Fsp3) is 0.769. The Morgan fingerprint density at radius 2 is 1.37 bits per heavy atom. The van der Waals surface area contributed by atoms with Gasteiger partial charge in [0.25, 0.3) is 0 Å². The molecule has 1 heteroatoms. The monoisotopic (exact) mass is 370 g/mol. The average Bonchev–Trinajstić information content (AvgIpc) is 2.72. The molecule has 3 rings (SSSR count). The number of benzene rings is 1. The van der Waals surface area contributed by atoms with Crippen molar-refractivity contribution in [2.24, 2.45) is 17.8 Å². The largest absolute Gasteiger partial charge is 0.494 e. The predicted octanol–water partition coefficient (Wildman–Crippen LogP) is 8.14. The van der Waals surface area contributed by atoms with Crippen molar-refractivity contribution in [1.29, 1.82) is 0 Å². The van der Waals surface area contributed by atoms with Gasteiger partial charge in [-0.1, -0.05) is 70.9 Å². The number of hydrogen-bond acceptors (Lipinski definition) is 1.